The van der Waals surface area contributed by atoms with Crippen LogP contribution in [0.1, 0.15) is 30.9 Å². The summed E-state index contributed by atoms with van der Waals surface area (Å²) in [5.41, 5.74) is 1.89. The lowest BCUT2D eigenvalue weighted by Gasteiger charge is -2.23. The van der Waals surface area contributed by atoms with Gasteiger partial charge in [0.25, 0.3) is 0 Å². The molecule has 4 aromatic rings. The average molecular weight is 453 g/mol. The SMILES string of the molecule is O=C(Nc1ncns1)[C@@H]1C[C@H](O)CN1c1nc(Nc2cc(C3CC3)[nH]n2)c2cccn2n1. The fraction of sp³-hybridized carbons (Fsp3) is 0.368. The highest BCUT2D eigenvalue weighted by Crippen LogP contribution is 2.39. The first-order valence-electron chi connectivity index (χ1n) is 10.3. The molecule has 0 spiro atoms. The number of aliphatic hydroxyl groups is 1. The van der Waals surface area contributed by atoms with Crippen molar-refractivity contribution in [2.75, 3.05) is 22.1 Å². The van der Waals surface area contributed by atoms with Crippen LogP contribution in [0.15, 0.2) is 30.7 Å². The van der Waals surface area contributed by atoms with E-state index in [1.54, 1.807) is 9.42 Å². The number of fused-ring (bicyclic) bond motifs is 1. The minimum atomic E-state index is -0.673. The highest BCUT2D eigenvalue weighted by Gasteiger charge is 2.38. The molecule has 164 valence electrons. The van der Waals surface area contributed by atoms with Crippen LogP contribution in [-0.4, -0.2) is 63.9 Å². The van der Waals surface area contributed by atoms with E-state index in [2.05, 4.69) is 35.3 Å². The molecule has 2 aliphatic rings. The molecular formula is C19H20N10O2S. The lowest BCUT2D eigenvalue weighted by Crippen LogP contribution is -2.41. The molecule has 1 amide bonds. The number of β-amino-alcohol motifs (C(OH)–C–C–N with tert-alkyl or cyclic N) is 1. The molecule has 1 aliphatic carbocycles. The Labute approximate surface area is 185 Å². The Hall–Kier alpha value is -3.58. The summed E-state index contributed by atoms with van der Waals surface area (Å²) in [5.74, 6) is 1.85. The maximum absolute atomic E-state index is 12.9. The molecule has 0 unspecified atom stereocenters. The monoisotopic (exact) mass is 452 g/mol. The van der Waals surface area contributed by atoms with Crippen LogP contribution in [0.2, 0.25) is 0 Å². The van der Waals surface area contributed by atoms with E-state index >= 15 is 0 Å². The van der Waals surface area contributed by atoms with Crippen molar-refractivity contribution in [2.45, 2.75) is 37.3 Å². The molecule has 0 aromatic carbocycles. The Kier molecular flexibility index (Phi) is 4.50. The summed E-state index contributed by atoms with van der Waals surface area (Å²) in [6, 6.07) is 5.13. The van der Waals surface area contributed by atoms with E-state index < -0.39 is 12.1 Å². The zero-order valence-corrected chi connectivity index (χ0v) is 17.7. The van der Waals surface area contributed by atoms with Gasteiger partial charge in [-0.1, -0.05) is 0 Å². The highest BCUT2D eigenvalue weighted by molar-refractivity contribution is 7.09. The number of nitrogens with zero attached hydrogens (tertiary/aromatic N) is 7. The van der Waals surface area contributed by atoms with Crippen LogP contribution in [0.3, 0.4) is 0 Å². The lowest BCUT2D eigenvalue weighted by molar-refractivity contribution is -0.117. The minimum absolute atomic E-state index is 0.245. The van der Waals surface area contributed by atoms with Crippen molar-refractivity contribution in [2.24, 2.45) is 0 Å². The van der Waals surface area contributed by atoms with Gasteiger partial charge < -0.3 is 15.3 Å². The van der Waals surface area contributed by atoms with Crippen LogP contribution in [0.5, 0.6) is 0 Å². The molecule has 5 heterocycles. The molecular weight excluding hydrogens is 432 g/mol. The van der Waals surface area contributed by atoms with Gasteiger partial charge in [-0.25, -0.2) is 9.50 Å². The Bertz CT molecular complexity index is 1260. The standard InChI is InChI=1S/C19H20N10O2S/c30-11-6-14(17(31)24-19-20-9-21-32-19)28(8-11)18-23-16(13-2-1-5-29(13)27-18)22-15-7-12(25-26-15)10-3-4-10/h1-2,5,7,9-11,14,30H,3-4,6,8H2,(H,20,21,24,31)(H2,22,23,25,26,27)/t11-,14-/m0/s1. The second kappa shape index (κ2) is 7.53. The zero-order valence-electron chi connectivity index (χ0n) is 16.8. The van der Waals surface area contributed by atoms with Crippen molar-refractivity contribution in [1.82, 2.24) is 34.2 Å². The van der Waals surface area contributed by atoms with Gasteiger partial charge in [0.2, 0.25) is 17.0 Å². The third-order valence-electron chi connectivity index (χ3n) is 5.67. The highest BCUT2D eigenvalue weighted by atomic mass is 32.1. The van der Waals surface area contributed by atoms with E-state index in [0.717, 1.165) is 22.7 Å². The lowest BCUT2D eigenvalue weighted by atomic mass is 10.2. The second-order valence-electron chi connectivity index (χ2n) is 8.00. The van der Waals surface area contributed by atoms with Crippen molar-refractivity contribution in [3.63, 3.8) is 0 Å². The van der Waals surface area contributed by atoms with E-state index in [1.165, 1.54) is 19.2 Å². The number of carbonyl (C=O) groups is 1. The van der Waals surface area contributed by atoms with Crippen LogP contribution < -0.4 is 15.5 Å². The molecule has 0 bridgehead atoms. The summed E-state index contributed by atoms with van der Waals surface area (Å²) in [5, 5.41) is 28.7. The molecule has 2 atom stereocenters. The fourth-order valence-electron chi connectivity index (χ4n) is 3.96. The number of rotatable bonds is 6. The van der Waals surface area contributed by atoms with E-state index in [0.29, 0.717) is 28.6 Å². The Balaban J connectivity index is 1.31. The smallest absolute Gasteiger partial charge is 0.249 e. The van der Waals surface area contributed by atoms with E-state index in [-0.39, 0.29) is 18.9 Å². The van der Waals surface area contributed by atoms with Gasteiger partial charge in [0.15, 0.2) is 11.6 Å². The number of aromatic amines is 1. The number of H-pyrrole nitrogens is 1. The van der Waals surface area contributed by atoms with Crippen LogP contribution in [0.25, 0.3) is 5.52 Å². The second-order valence-corrected chi connectivity index (χ2v) is 8.78. The fourth-order valence-corrected chi connectivity index (χ4v) is 4.40. The van der Waals surface area contributed by atoms with Crippen LogP contribution in [-0.2, 0) is 4.79 Å². The molecule has 2 fully saturated rings. The van der Waals surface area contributed by atoms with Gasteiger partial charge in [-0.05, 0) is 25.0 Å². The maximum atomic E-state index is 12.9. The first kappa shape index (κ1) is 19.1. The van der Waals surface area contributed by atoms with Crippen LogP contribution in [0, 0.1) is 0 Å². The summed E-state index contributed by atoms with van der Waals surface area (Å²) in [7, 11) is 0. The van der Waals surface area contributed by atoms with E-state index in [4.69, 9.17) is 4.98 Å². The van der Waals surface area contributed by atoms with Gasteiger partial charge in [0, 0.05) is 48.4 Å². The number of amides is 1. The largest absolute Gasteiger partial charge is 0.391 e. The predicted octanol–water partition coefficient (Wildman–Crippen LogP) is 1.50. The third-order valence-corrected chi connectivity index (χ3v) is 6.25. The normalized spacial score (nSPS) is 20.7. The summed E-state index contributed by atoms with van der Waals surface area (Å²) >= 11 is 1.09. The number of anilines is 4. The molecule has 4 N–H and O–H groups in total. The van der Waals surface area contributed by atoms with Gasteiger partial charge in [0.1, 0.15) is 17.9 Å². The topological polar surface area (TPSA) is 149 Å². The summed E-state index contributed by atoms with van der Waals surface area (Å²) in [6.45, 7) is 0.245. The molecule has 6 rings (SSSR count). The van der Waals surface area contributed by atoms with E-state index in [9.17, 15) is 9.90 Å². The third kappa shape index (κ3) is 3.54. The molecule has 13 heteroatoms. The van der Waals surface area contributed by atoms with Gasteiger partial charge in [-0.2, -0.15) is 14.5 Å². The van der Waals surface area contributed by atoms with Crippen LogP contribution in [0.4, 0.5) is 22.7 Å². The van der Waals surface area contributed by atoms with E-state index in [1.807, 2.05) is 24.4 Å². The summed E-state index contributed by atoms with van der Waals surface area (Å²) in [6.07, 6.45) is 5.15. The minimum Gasteiger partial charge on any atom is -0.391 e. The number of hydrogen-bond donors (Lipinski definition) is 4. The molecule has 1 saturated heterocycles. The van der Waals surface area contributed by atoms with Crippen molar-refractivity contribution in [3.05, 3.63) is 36.4 Å². The van der Waals surface area contributed by atoms with Crippen molar-refractivity contribution < 1.29 is 9.90 Å². The molecule has 0 radical (unpaired) electrons. The first-order valence-corrected chi connectivity index (χ1v) is 11.1. The Morgan fingerprint density at radius 3 is 3.06 bits per heavy atom. The summed E-state index contributed by atoms with van der Waals surface area (Å²) < 4.78 is 5.60. The Morgan fingerprint density at radius 1 is 1.34 bits per heavy atom. The van der Waals surface area contributed by atoms with Gasteiger partial charge >= 0.3 is 0 Å². The quantitative estimate of drug-likeness (QED) is 0.341. The number of carbonyl (C=O) groups excluding carboxylic acids is 1. The molecule has 1 saturated carbocycles. The maximum Gasteiger partial charge on any atom is 0.249 e. The number of hydrogen-bond acceptors (Lipinski definition) is 10. The van der Waals surface area contributed by atoms with Crippen molar-refractivity contribution in [3.8, 4) is 0 Å². The molecule has 4 aromatic heterocycles. The molecule has 32 heavy (non-hydrogen) atoms. The molecule has 1 aliphatic heterocycles. The first-order chi connectivity index (χ1) is 15.6. The van der Waals surface area contributed by atoms with Crippen molar-refractivity contribution >= 4 is 45.7 Å². The zero-order chi connectivity index (χ0) is 21.7. The predicted molar refractivity (Wildman–Crippen MR) is 117 cm³/mol. The Morgan fingerprint density at radius 2 is 2.25 bits per heavy atom. The van der Waals surface area contributed by atoms with Crippen molar-refractivity contribution in [1.29, 1.82) is 0 Å². The van der Waals surface area contributed by atoms with Gasteiger partial charge in [-0.15, -0.1) is 5.10 Å². The molecule has 12 nitrogen and oxygen atoms in total. The number of aromatic nitrogens is 7. The average Bonchev–Trinajstić information content (AvgIpc) is 3.21. The van der Waals surface area contributed by atoms with Gasteiger partial charge in [-0.3, -0.25) is 15.2 Å². The number of aliphatic hydroxyl groups excluding tert-OH is 1. The summed E-state index contributed by atoms with van der Waals surface area (Å²) in [4.78, 5) is 23.3. The number of nitrogens with one attached hydrogen (secondary N) is 3. The van der Waals surface area contributed by atoms with Crippen LogP contribution >= 0.6 is 11.5 Å². The van der Waals surface area contributed by atoms with Gasteiger partial charge in [0.05, 0.1) is 6.10 Å².